The summed E-state index contributed by atoms with van der Waals surface area (Å²) in [5.41, 5.74) is 2.74. The van der Waals surface area contributed by atoms with Crippen LogP contribution in [0, 0.1) is 5.92 Å². The number of aliphatic hydroxyl groups is 1. The molecular formula is C18H23BrN4O. The summed E-state index contributed by atoms with van der Waals surface area (Å²) in [5, 5.41) is 12.8. The van der Waals surface area contributed by atoms with Crippen molar-refractivity contribution in [1.82, 2.24) is 9.97 Å². The Balaban J connectivity index is 1.77. The fourth-order valence-corrected chi connectivity index (χ4v) is 3.34. The lowest BCUT2D eigenvalue weighted by molar-refractivity contribution is 0.249. The SMILES string of the molecule is CC(C)[C@H](CO)Nc1cc(N2CCc3ccc(Br)cc3C2)ncn1. The van der Waals surface area contributed by atoms with Crippen molar-refractivity contribution in [3.8, 4) is 0 Å². The molecule has 0 bridgehead atoms. The smallest absolute Gasteiger partial charge is 0.134 e. The molecule has 3 rings (SSSR count). The molecule has 2 aromatic rings. The van der Waals surface area contributed by atoms with Crippen molar-refractivity contribution in [3.05, 3.63) is 46.2 Å². The second kappa shape index (κ2) is 7.49. The Labute approximate surface area is 151 Å². The second-order valence-corrected chi connectivity index (χ2v) is 7.44. The largest absolute Gasteiger partial charge is 0.394 e. The minimum absolute atomic E-state index is 0.00853. The van der Waals surface area contributed by atoms with Gasteiger partial charge in [-0.1, -0.05) is 35.8 Å². The first-order valence-electron chi connectivity index (χ1n) is 8.28. The van der Waals surface area contributed by atoms with Gasteiger partial charge in [0.2, 0.25) is 0 Å². The van der Waals surface area contributed by atoms with Gasteiger partial charge >= 0.3 is 0 Å². The minimum Gasteiger partial charge on any atom is -0.394 e. The molecule has 0 unspecified atom stereocenters. The summed E-state index contributed by atoms with van der Waals surface area (Å²) >= 11 is 3.55. The maximum Gasteiger partial charge on any atom is 0.134 e. The molecule has 1 atom stereocenters. The Kier molecular flexibility index (Phi) is 5.36. The van der Waals surface area contributed by atoms with Crippen LogP contribution in [0.5, 0.6) is 0 Å². The van der Waals surface area contributed by atoms with E-state index in [1.807, 2.05) is 6.07 Å². The Hall–Kier alpha value is -1.66. The lowest BCUT2D eigenvalue weighted by Gasteiger charge is -2.30. The first-order valence-corrected chi connectivity index (χ1v) is 9.08. The highest BCUT2D eigenvalue weighted by Crippen LogP contribution is 2.26. The van der Waals surface area contributed by atoms with Gasteiger partial charge in [0.1, 0.15) is 18.0 Å². The Morgan fingerprint density at radius 3 is 2.83 bits per heavy atom. The zero-order valence-electron chi connectivity index (χ0n) is 14.0. The molecular weight excluding hydrogens is 368 g/mol. The number of nitrogens with zero attached hydrogens (tertiary/aromatic N) is 3. The number of hydrogen-bond donors (Lipinski definition) is 2. The highest BCUT2D eigenvalue weighted by Gasteiger charge is 2.19. The standard InChI is InChI=1S/C18H23BrN4O/c1-12(2)16(10-24)22-17-8-18(21-11-20-17)23-6-5-13-3-4-15(19)7-14(13)9-23/h3-4,7-8,11-12,16,24H,5-6,9-10H2,1-2H3,(H,20,21,22)/t16-/m0/s1. The number of benzene rings is 1. The van der Waals surface area contributed by atoms with E-state index in [9.17, 15) is 5.11 Å². The van der Waals surface area contributed by atoms with Gasteiger partial charge in [-0.25, -0.2) is 9.97 Å². The first kappa shape index (κ1) is 17.2. The van der Waals surface area contributed by atoms with E-state index in [0.717, 1.165) is 35.6 Å². The van der Waals surface area contributed by atoms with E-state index in [0.29, 0.717) is 5.92 Å². The van der Waals surface area contributed by atoms with Crippen LogP contribution in [0.1, 0.15) is 25.0 Å². The van der Waals surface area contributed by atoms with Crippen LogP contribution in [0.15, 0.2) is 35.1 Å². The number of anilines is 2. The second-order valence-electron chi connectivity index (χ2n) is 6.52. The molecule has 0 aliphatic carbocycles. The highest BCUT2D eigenvalue weighted by atomic mass is 79.9. The van der Waals surface area contributed by atoms with E-state index < -0.39 is 0 Å². The molecule has 6 heteroatoms. The van der Waals surface area contributed by atoms with Gasteiger partial charge in [-0.3, -0.25) is 0 Å². The third-order valence-electron chi connectivity index (χ3n) is 4.49. The monoisotopic (exact) mass is 390 g/mol. The summed E-state index contributed by atoms with van der Waals surface area (Å²) in [6, 6.07) is 8.43. The Morgan fingerprint density at radius 2 is 2.08 bits per heavy atom. The summed E-state index contributed by atoms with van der Waals surface area (Å²) in [7, 11) is 0. The average Bonchev–Trinajstić information content (AvgIpc) is 2.59. The van der Waals surface area contributed by atoms with E-state index in [2.05, 4.69) is 68.2 Å². The fourth-order valence-electron chi connectivity index (χ4n) is 2.93. The summed E-state index contributed by atoms with van der Waals surface area (Å²) in [5.74, 6) is 2.00. The summed E-state index contributed by atoms with van der Waals surface area (Å²) in [6.45, 7) is 6.03. The van der Waals surface area contributed by atoms with Gasteiger partial charge in [0, 0.05) is 23.6 Å². The number of aromatic nitrogens is 2. The Bertz CT molecular complexity index is 707. The van der Waals surface area contributed by atoms with Gasteiger partial charge in [-0.15, -0.1) is 0 Å². The number of halogens is 1. The van der Waals surface area contributed by atoms with Gasteiger partial charge in [0.25, 0.3) is 0 Å². The number of fused-ring (bicyclic) bond motifs is 1. The molecule has 0 radical (unpaired) electrons. The van der Waals surface area contributed by atoms with Crippen LogP contribution in [-0.4, -0.2) is 34.3 Å². The zero-order chi connectivity index (χ0) is 17.1. The predicted molar refractivity (Wildman–Crippen MR) is 100 cm³/mol. The molecule has 0 saturated carbocycles. The van der Waals surface area contributed by atoms with Crippen LogP contribution >= 0.6 is 15.9 Å². The fraction of sp³-hybridized carbons (Fsp3) is 0.444. The van der Waals surface area contributed by atoms with Crippen LogP contribution in [0.3, 0.4) is 0 Å². The molecule has 1 aromatic heterocycles. The third kappa shape index (κ3) is 3.87. The molecule has 0 amide bonds. The van der Waals surface area contributed by atoms with E-state index in [1.54, 1.807) is 6.33 Å². The third-order valence-corrected chi connectivity index (χ3v) is 4.99. The maximum atomic E-state index is 9.49. The lowest BCUT2D eigenvalue weighted by Crippen LogP contribution is -2.32. The minimum atomic E-state index is -0.00853. The number of rotatable bonds is 5. The number of hydrogen-bond acceptors (Lipinski definition) is 5. The molecule has 0 spiro atoms. The lowest BCUT2D eigenvalue weighted by atomic mass is 10.00. The first-order chi connectivity index (χ1) is 11.6. The van der Waals surface area contributed by atoms with Crippen LogP contribution < -0.4 is 10.2 Å². The van der Waals surface area contributed by atoms with Gasteiger partial charge < -0.3 is 15.3 Å². The van der Waals surface area contributed by atoms with Gasteiger partial charge in [-0.2, -0.15) is 0 Å². The molecule has 2 N–H and O–H groups in total. The summed E-state index contributed by atoms with van der Waals surface area (Å²) in [6.07, 6.45) is 2.60. The molecule has 2 heterocycles. The van der Waals surface area contributed by atoms with E-state index in [-0.39, 0.29) is 12.6 Å². The average molecular weight is 391 g/mol. The molecule has 1 aliphatic heterocycles. The van der Waals surface area contributed by atoms with Gasteiger partial charge in [-0.05, 0) is 35.6 Å². The van der Waals surface area contributed by atoms with E-state index in [4.69, 9.17) is 0 Å². The van der Waals surface area contributed by atoms with Crippen LogP contribution in [-0.2, 0) is 13.0 Å². The van der Waals surface area contributed by atoms with Crippen LogP contribution in [0.4, 0.5) is 11.6 Å². The van der Waals surface area contributed by atoms with Crippen molar-refractivity contribution in [3.63, 3.8) is 0 Å². The van der Waals surface area contributed by atoms with Crippen molar-refractivity contribution < 1.29 is 5.11 Å². The molecule has 5 nitrogen and oxygen atoms in total. The van der Waals surface area contributed by atoms with Crippen LogP contribution in [0.25, 0.3) is 0 Å². The van der Waals surface area contributed by atoms with Gasteiger partial charge in [0.05, 0.1) is 12.6 Å². The summed E-state index contributed by atoms with van der Waals surface area (Å²) in [4.78, 5) is 11.0. The topological polar surface area (TPSA) is 61.3 Å². The highest BCUT2D eigenvalue weighted by molar-refractivity contribution is 9.10. The molecule has 1 aromatic carbocycles. The van der Waals surface area contributed by atoms with E-state index >= 15 is 0 Å². The number of nitrogens with one attached hydrogen (secondary N) is 1. The molecule has 128 valence electrons. The normalized spacial score (nSPS) is 15.3. The molecule has 0 saturated heterocycles. The van der Waals surface area contributed by atoms with Crippen LogP contribution in [0.2, 0.25) is 0 Å². The quantitative estimate of drug-likeness (QED) is 0.820. The van der Waals surface area contributed by atoms with Crippen molar-refractivity contribution in [2.75, 3.05) is 23.4 Å². The van der Waals surface area contributed by atoms with Crippen molar-refractivity contribution in [2.24, 2.45) is 5.92 Å². The molecule has 1 aliphatic rings. The van der Waals surface area contributed by atoms with Crippen molar-refractivity contribution >= 4 is 27.6 Å². The molecule has 0 fully saturated rings. The number of aliphatic hydroxyl groups excluding tert-OH is 1. The van der Waals surface area contributed by atoms with Crippen molar-refractivity contribution in [2.45, 2.75) is 32.9 Å². The van der Waals surface area contributed by atoms with E-state index in [1.165, 1.54) is 11.1 Å². The van der Waals surface area contributed by atoms with Crippen molar-refractivity contribution in [1.29, 1.82) is 0 Å². The summed E-state index contributed by atoms with van der Waals surface area (Å²) < 4.78 is 1.11. The zero-order valence-corrected chi connectivity index (χ0v) is 15.6. The van der Waals surface area contributed by atoms with Gasteiger partial charge in [0.15, 0.2) is 0 Å². The Morgan fingerprint density at radius 1 is 1.25 bits per heavy atom. The predicted octanol–water partition coefficient (Wildman–Crippen LogP) is 3.23. The maximum absolute atomic E-state index is 9.49. The molecule has 24 heavy (non-hydrogen) atoms.